The van der Waals surface area contributed by atoms with Gasteiger partial charge in [0.05, 0.1) is 32.5 Å². The molecule has 25 heavy (non-hydrogen) atoms. The second-order valence-electron chi connectivity index (χ2n) is 4.84. The van der Waals surface area contributed by atoms with Gasteiger partial charge in [-0.05, 0) is 36.4 Å². The Morgan fingerprint density at radius 2 is 1.20 bits per heavy atom. The Hall–Kier alpha value is -2.64. The third kappa shape index (κ3) is 3.72. The number of nitrogens with zero attached hydrogens (tertiary/aromatic N) is 6. The molecule has 0 amide bonds. The molecule has 0 aliphatic heterocycles. The van der Waals surface area contributed by atoms with Gasteiger partial charge in [-0.25, -0.2) is 0 Å². The highest BCUT2D eigenvalue weighted by Gasteiger charge is 2.16. The van der Waals surface area contributed by atoms with Crippen LogP contribution in [0.2, 0.25) is 10.0 Å². The first-order valence-corrected chi connectivity index (χ1v) is 7.91. The van der Waals surface area contributed by atoms with Crippen molar-refractivity contribution in [3.63, 3.8) is 0 Å². The van der Waals surface area contributed by atoms with Crippen molar-refractivity contribution >= 4 is 34.6 Å². The first-order chi connectivity index (χ1) is 12.1. The van der Waals surface area contributed by atoms with Crippen molar-refractivity contribution in [1.29, 1.82) is 0 Å². The van der Waals surface area contributed by atoms with E-state index in [0.717, 1.165) is 0 Å². The summed E-state index contributed by atoms with van der Waals surface area (Å²) in [4.78, 5) is 0. The number of aromatic nitrogens is 2. The maximum Gasteiger partial charge on any atom is 0.249 e. The normalized spacial score (nSPS) is 11.7. The number of hydrogen-bond donors (Lipinski definition) is 0. The lowest BCUT2D eigenvalue weighted by atomic mass is 10.2. The van der Waals surface area contributed by atoms with E-state index in [1.807, 2.05) is 0 Å². The summed E-state index contributed by atoms with van der Waals surface area (Å²) in [5.74, 6) is 0.571. The van der Waals surface area contributed by atoms with Gasteiger partial charge in [0.25, 0.3) is 0 Å². The van der Waals surface area contributed by atoms with Gasteiger partial charge in [-0.2, -0.15) is 20.5 Å². The van der Waals surface area contributed by atoms with E-state index in [1.54, 1.807) is 50.5 Å². The van der Waals surface area contributed by atoms with Gasteiger partial charge in [-0.3, -0.25) is 0 Å². The molecule has 0 atom stereocenters. The highest BCUT2D eigenvalue weighted by atomic mass is 35.5. The molecule has 0 unspecified atom stereocenters. The highest BCUT2D eigenvalue weighted by Crippen LogP contribution is 2.35. The van der Waals surface area contributed by atoms with E-state index >= 15 is 0 Å². The second-order valence-corrected chi connectivity index (χ2v) is 5.66. The first kappa shape index (κ1) is 17.2. The lowest BCUT2D eigenvalue weighted by molar-refractivity contribution is 0.584. The molecule has 3 aromatic rings. The third-order valence-electron chi connectivity index (χ3n) is 3.22. The monoisotopic (exact) mass is 374 g/mol. The quantitative estimate of drug-likeness (QED) is 0.513. The number of halogens is 2. The molecule has 1 aromatic heterocycles. The van der Waals surface area contributed by atoms with Crippen LogP contribution < -0.4 is 0 Å². The molecule has 0 bridgehead atoms. The summed E-state index contributed by atoms with van der Waals surface area (Å²) in [6.07, 6.45) is 0. The summed E-state index contributed by atoms with van der Waals surface area (Å²) in [6.45, 7) is 0. The third-order valence-corrected chi connectivity index (χ3v) is 3.85. The largest absolute Gasteiger partial charge is 0.416 e. The van der Waals surface area contributed by atoms with Gasteiger partial charge < -0.3 is 4.42 Å². The van der Waals surface area contributed by atoms with Crippen molar-refractivity contribution in [2.24, 2.45) is 20.5 Å². The molecule has 9 heteroatoms. The van der Waals surface area contributed by atoms with Gasteiger partial charge in [0.1, 0.15) is 0 Å². The fourth-order valence-corrected chi connectivity index (χ4v) is 2.66. The zero-order valence-corrected chi connectivity index (χ0v) is 14.8. The van der Waals surface area contributed by atoms with Crippen LogP contribution in [-0.2, 0) is 0 Å². The van der Waals surface area contributed by atoms with Crippen molar-refractivity contribution in [3.8, 4) is 22.9 Å². The van der Waals surface area contributed by atoms with Gasteiger partial charge in [0.15, 0.2) is 0 Å². The van der Waals surface area contributed by atoms with E-state index in [0.29, 0.717) is 32.5 Å². The van der Waals surface area contributed by atoms with Gasteiger partial charge in [0, 0.05) is 14.1 Å². The van der Waals surface area contributed by atoms with Crippen molar-refractivity contribution in [2.75, 3.05) is 14.1 Å². The van der Waals surface area contributed by atoms with Crippen LogP contribution in [0.1, 0.15) is 0 Å². The SMILES string of the molecule is CN=Nc1ccc(-c2nnc(-c3ccc(N=NC)cc3Cl)o2)c(Cl)c1. The van der Waals surface area contributed by atoms with Crippen LogP contribution in [0.3, 0.4) is 0 Å². The standard InChI is InChI=1S/C16H12Cl2N6O/c1-19-21-9-3-5-11(13(17)7-9)15-23-24-16(25-15)12-6-4-10(22-20-2)8-14(12)18/h3-8H,1-2H3. The molecule has 0 saturated heterocycles. The maximum atomic E-state index is 6.26. The van der Waals surface area contributed by atoms with Crippen LogP contribution in [0.5, 0.6) is 0 Å². The average molecular weight is 375 g/mol. The number of benzene rings is 2. The minimum absolute atomic E-state index is 0.286. The molecule has 0 fully saturated rings. The Balaban J connectivity index is 1.95. The molecule has 0 N–H and O–H groups in total. The molecule has 0 spiro atoms. The van der Waals surface area contributed by atoms with Crippen LogP contribution >= 0.6 is 23.2 Å². The molecule has 0 aliphatic carbocycles. The van der Waals surface area contributed by atoms with Crippen LogP contribution in [0.25, 0.3) is 22.9 Å². The van der Waals surface area contributed by atoms with E-state index < -0.39 is 0 Å². The smallest absolute Gasteiger partial charge is 0.249 e. The molecule has 0 saturated carbocycles. The molecular formula is C16H12Cl2N6O. The van der Waals surface area contributed by atoms with E-state index in [1.165, 1.54) is 0 Å². The number of rotatable bonds is 4. The Morgan fingerprint density at radius 1 is 0.760 bits per heavy atom. The molecule has 1 heterocycles. The number of hydrogen-bond acceptors (Lipinski definition) is 7. The molecule has 0 aliphatic rings. The van der Waals surface area contributed by atoms with E-state index in [4.69, 9.17) is 27.6 Å². The summed E-state index contributed by atoms with van der Waals surface area (Å²) in [5, 5.41) is 24.2. The van der Waals surface area contributed by atoms with E-state index in [-0.39, 0.29) is 11.8 Å². The predicted molar refractivity (Wildman–Crippen MR) is 96.1 cm³/mol. The maximum absolute atomic E-state index is 6.26. The zero-order valence-electron chi connectivity index (χ0n) is 13.3. The minimum atomic E-state index is 0.286. The van der Waals surface area contributed by atoms with Gasteiger partial charge in [-0.15, -0.1) is 10.2 Å². The summed E-state index contributed by atoms with van der Waals surface area (Å²) in [5.41, 5.74) is 2.48. The van der Waals surface area contributed by atoms with Crippen molar-refractivity contribution < 1.29 is 4.42 Å². The summed E-state index contributed by atoms with van der Waals surface area (Å²) in [6, 6.07) is 10.4. The molecule has 7 nitrogen and oxygen atoms in total. The lowest BCUT2D eigenvalue weighted by Gasteiger charge is -2.01. The molecule has 0 radical (unpaired) electrons. The topological polar surface area (TPSA) is 88.4 Å². The Kier molecular flexibility index (Phi) is 5.16. The van der Waals surface area contributed by atoms with Crippen LogP contribution in [0.4, 0.5) is 11.4 Å². The first-order valence-electron chi connectivity index (χ1n) is 7.15. The average Bonchev–Trinajstić information content (AvgIpc) is 3.05. The summed E-state index contributed by atoms with van der Waals surface area (Å²) in [7, 11) is 3.17. The van der Waals surface area contributed by atoms with Gasteiger partial charge >= 0.3 is 0 Å². The molecular weight excluding hydrogens is 363 g/mol. The Labute approximate surface area is 153 Å². The zero-order chi connectivity index (χ0) is 17.8. The predicted octanol–water partition coefficient (Wildman–Crippen LogP) is 6.14. The van der Waals surface area contributed by atoms with Crippen molar-refractivity contribution in [3.05, 3.63) is 46.4 Å². The van der Waals surface area contributed by atoms with Crippen LogP contribution in [0, 0.1) is 0 Å². The van der Waals surface area contributed by atoms with Gasteiger partial charge in [0.2, 0.25) is 11.8 Å². The second kappa shape index (κ2) is 7.50. The Morgan fingerprint density at radius 3 is 1.56 bits per heavy atom. The number of azo groups is 2. The lowest BCUT2D eigenvalue weighted by Crippen LogP contribution is -1.80. The van der Waals surface area contributed by atoms with Crippen molar-refractivity contribution in [2.45, 2.75) is 0 Å². The van der Waals surface area contributed by atoms with Gasteiger partial charge in [-0.1, -0.05) is 23.2 Å². The summed E-state index contributed by atoms with van der Waals surface area (Å²) < 4.78 is 5.72. The molecule has 126 valence electrons. The van der Waals surface area contributed by atoms with Crippen LogP contribution in [-0.4, -0.2) is 24.3 Å². The minimum Gasteiger partial charge on any atom is -0.416 e. The fourth-order valence-electron chi connectivity index (χ4n) is 2.15. The summed E-state index contributed by atoms with van der Waals surface area (Å²) >= 11 is 12.5. The van der Waals surface area contributed by atoms with Crippen LogP contribution in [0.15, 0.2) is 61.3 Å². The fraction of sp³-hybridized carbons (Fsp3) is 0.125. The molecule has 3 rings (SSSR count). The van der Waals surface area contributed by atoms with E-state index in [9.17, 15) is 0 Å². The Bertz CT molecular complexity index is 891. The molecule has 2 aromatic carbocycles. The highest BCUT2D eigenvalue weighted by molar-refractivity contribution is 6.33. The van der Waals surface area contributed by atoms with Crippen molar-refractivity contribution in [1.82, 2.24) is 10.2 Å². The van der Waals surface area contributed by atoms with E-state index in [2.05, 4.69) is 30.7 Å².